The molecular formula is C11H22N2O2. The van der Waals surface area contributed by atoms with Crippen molar-refractivity contribution >= 4 is 5.91 Å². The summed E-state index contributed by atoms with van der Waals surface area (Å²) in [6, 6.07) is -0.0237. The summed E-state index contributed by atoms with van der Waals surface area (Å²) in [6.07, 6.45) is 2.20. The highest BCUT2D eigenvalue weighted by Crippen LogP contribution is 2.18. The summed E-state index contributed by atoms with van der Waals surface area (Å²) in [4.78, 5) is 14.0. The standard InChI is InChI=1S/C11H22N2O2/c1-9-5-4-6-13(7-8-15-3)11(14)10(9)12-2/h9-10,12H,4-8H2,1-3H3. The summed E-state index contributed by atoms with van der Waals surface area (Å²) in [7, 11) is 3.53. The molecule has 2 atom stereocenters. The molecule has 1 saturated heterocycles. The number of hydrogen-bond acceptors (Lipinski definition) is 3. The van der Waals surface area contributed by atoms with Crippen molar-refractivity contribution in [2.75, 3.05) is 33.9 Å². The number of carbonyl (C=O) groups is 1. The molecule has 1 amide bonds. The van der Waals surface area contributed by atoms with Gasteiger partial charge >= 0.3 is 0 Å². The van der Waals surface area contributed by atoms with E-state index in [1.807, 2.05) is 11.9 Å². The van der Waals surface area contributed by atoms with E-state index in [-0.39, 0.29) is 11.9 Å². The van der Waals surface area contributed by atoms with Crippen molar-refractivity contribution in [2.45, 2.75) is 25.8 Å². The number of carbonyl (C=O) groups excluding carboxylic acids is 1. The van der Waals surface area contributed by atoms with E-state index in [9.17, 15) is 4.79 Å². The van der Waals surface area contributed by atoms with Crippen molar-refractivity contribution in [3.8, 4) is 0 Å². The predicted octanol–water partition coefficient (Wildman–Crippen LogP) is 0.479. The van der Waals surface area contributed by atoms with Crippen LogP contribution >= 0.6 is 0 Å². The number of rotatable bonds is 4. The molecule has 0 bridgehead atoms. The van der Waals surface area contributed by atoms with Gasteiger partial charge in [-0.25, -0.2) is 0 Å². The van der Waals surface area contributed by atoms with Crippen LogP contribution in [0.25, 0.3) is 0 Å². The Kier molecular flexibility index (Phi) is 5.05. The van der Waals surface area contributed by atoms with Crippen molar-refractivity contribution in [3.63, 3.8) is 0 Å². The van der Waals surface area contributed by atoms with E-state index in [2.05, 4.69) is 12.2 Å². The van der Waals surface area contributed by atoms with Crippen LogP contribution in [0.5, 0.6) is 0 Å². The van der Waals surface area contributed by atoms with Crippen LogP contribution in [0.3, 0.4) is 0 Å². The third-order valence-corrected chi connectivity index (χ3v) is 3.11. The molecule has 1 rings (SSSR count). The summed E-state index contributed by atoms with van der Waals surface area (Å²) >= 11 is 0. The molecule has 0 aromatic heterocycles. The molecule has 2 unspecified atom stereocenters. The Morgan fingerprint density at radius 2 is 2.33 bits per heavy atom. The van der Waals surface area contributed by atoms with E-state index >= 15 is 0 Å². The summed E-state index contributed by atoms with van der Waals surface area (Å²) in [5.74, 6) is 0.648. The van der Waals surface area contributed by atoms with Gasteiger partial charge in [-0.05, 0) is 25.8 Å². The van der Waals surface area contributed by atoms with Crippen molar-refractivity contribution < 1.29 is 9.53 Å². The number of nitrogens with zero attached hydrogens (tertiary/aromatic N) is 1. The minimum Gasteiger partial charge on any atom is -0.383 e. The van der Waals surface area contributed by atoms with Gasteiger partial charge in [0, 0.05) is 20.2 Å². The van der Waals surface area contributed by atoms with Gasteiger partial charge in [-0.15, -0.1) is 0 Å². The number of ether oxygens (including phenoxy) is 1. The Morgan fingerprint density at radius 1 is 1.60 bits per heavy atom. The molecule has 0 spiro atoms. The lowest BCUT2D eigenvalue weighted by atomic mass is 9.98. The van der Waals surface area contributed by atoms with E-state index in [4.69, 9.17) is 4.74 Å². The molecule has 0 saturated carbocycles. The Bertz CT molecular complexity index is 207. The second-order valence-corrected chi connectivity index (χ2v) is 4.20. The first kappa shape index (κ1) is 12.5. The maximum absolute atomic E-state index is 12.1. The summed E-state index contributed by atoms with van der Waals surface area (Å²) in [5.41, 5.74) is 0. The molecule has 1 heterocycles. The highest BCUT2D eigenvalue weighted by atomic mass is 16.5. The Morgan fingerprint density at radius 3 is 2.93 bits per heavy atom. The first-order valence-corrected chi connectivity index (χ1v) is 5.65. The molecule has 0 radical (unpaired) electrons. The normalized spacial score (nSPS) is 27.9. The minimum absolute atomic E-state index is 0.0237. The van der Waals surface area contributed by atoms with Crippen LogP contribution in [0.15, 0.2) is 0 Å². The van der Waals surface area contributed by atoms with Crippen LogP contribution in [0, 0.1) is 5.92 Å². The van der Waals surface area contributed by atoms with E-state index in [0.29, 0.717) is 19.1 Å². The molecule has 88 valence electrons. The van der Waals surface area contributed by atoms with Crippen molar-refractivity contribution in [2.24, 2.45) is 5.92 Å². The van der Waals surface area contributed by atoms with Gasteiger partial charge in [0.25, 0.3) is 0 Å². The second kappa shape index (κ2) is 6.08. The lowest BCUT2D eigenvalue weighted by molar-refractivity contribution is -0.134. The molecule has 0 aromatic rings. The van der Waals surface area contributed by atoms with E-state index in [1.54, 1.807) is 7.11 Å². The maximum atomic E-state index is 12.1. The molecule has 0 aliphatic carbocycles. The molecule has 1 fully saturated rings. The van der Waals surface area contributed by atoms with Crippen LogP contribution < -0.4 is 5.32 Å². The monoisotopic (exact) mass is 214 g/mol. The summed E-state index contributed by atoms with van der Waals surface area (Å²) in [6.45, 7) is 4.33. The number of methoxy groups -OCH3 is 1. The molecule has 1 aliphatic heterocycles. The fourth-order valence-corrected chi connectivity index (χ4v) is 2.15. The van der Waals surface area contributed by atoms with Gasteiger partial charge in [-0.1, -0.05) is 6.92 Å². The van der Waals surface area contributed by atoms with Crippen LogP contribution in [0.2, 0.25) is 0 Å². The molecule has 1 aliphatic rings. The van der Waals surface area contributed by atoms with Gasteiger partial charge < -0.3 is 15.0 Å². The average Bonchev–Trinajstić information content (AvgIpc) is 2.35. The van der Waals surface area contributed by atoms with Crippen LogP contribution in [0.4, 0.5) is 0 Å². The third kappa shape index (κ3) is 3.18. The fourth-order valence-electron chi connectivity index (χ4n) is 2.15. The Labute approximate surface area is 92.0 Å². The van der Waals surface area contributed by atoms with E-state index in [1.165, 1.54) is 0 Å². The lowest BCUT2D eigenvalue weighted by Gasteiger charge is -2.25. The molecule has 15 heavy (non-hydrogen) atoms. The Balaban J connectivity index is 2.60. The van der Waals surface area contributed by atoms with Crippen LogP contribution in [-0.4, -0.2) is 50.7 Å². The minimum atomic E-state index is -0.0237. The van der Waals surface area contributed by atoms with Crippen LogP contribution in [0.1, 0.15) is 19.8 Å². The van der Waals surface area contributed by atoms with Gasteiger partial charge in [-0.3, -0.25) is 4.79 Å². The van der Waals surface area contributed by atoms with Crippen LogP contribution in [-0.2, 0) is 9.53 Å². The van der Waals surface area contributed by atoms with Crippen molar-refractivity contribution in [3.05, 3.63) is 0 Å². The molecule has 4 nitrogen and oxygen atoms in total. The first-order chi connectivity index (χ1) is 7.20. The number of likely N-dealkylation sites (tertiary alicyclic amines) is 1. The Hall–Kier alpha value is -0.610. The molecule has 1 N–H and O–H groups in total. The van der Waals surface area contributed by atoms with Gasteiger partial charge in [0.15, 0.2) is 0 Å². The topological polar surface area (TPSA) is 41.6 Å². The number of likely N-dealkylation sites (N-methyl/N-ethyl adjacent to an activating group) is 1. The van der Waals surface area contributed by atoms with E-state index < -0.39 is 0 Å². The highest BCUT2D eigenvalue weighted by Gasteiger charge is 2.30. The second-order valence-electron chi connectivity index (χ2n) is 4.20. The number of hydrogen-bond donors (Lipinski definition) is 1. The summed E-state index contributed by atoms with van der Waals surface area (Å²) < 4.78 is 5.02. The highest BCUT2D eigenvalue weighted by molar-refractivity contribution is 5.82. The zero-order valence-corrected chi connectivity index (χ0v) is 9.95. The third-order valence-electron chi connectivity index (χ3n) is 3.11. The van der Waals surface area contributed by atoms with Crippen molar-refractivity contribution in [1.29, 1.82) is 0 Å². The number of nitrogens with one attached hydrogen (secondary N) is 1. The smallest absolute Gasteiger partial charge is 0.240 e. The van der Waals surface area contributed by atoms with E-state index in [0.717, 1.165) is 19.4 Å². The zero-order chi connectivity index (χ0) is 11.3. The largest absolute Gasteiger partial charge is 0.383 e. The quantitative estimate of drug-likeness (QED) is 0.740. The maximum Gasteiger partial charge on any atom is 0.240 e. The fraction of sp³-hybridized carbons (Fsp3) is 0.909. The molecule has 0 aromatic carbocycles. The SMILES string of the molecule is CNC1C(=O)N(CCOC)CCCC1C. The lowest BCUT2D eigenvalue weighted by Crippen LogP contribution is -2.47. The first-order valence-electron chi connectivity index (χ1n) is 5.65. The summed E-state index contributed by atoms with van der Waals surface area (Å²) in [5, 5.41) is 3.12. The van der Waals surface area contributed by atoms with Gasteiger partial charge in [0.1, 0.15) is 0 Å². The predicted molar refractivity (Wildman–Crippen MR) is 59.7 cm³/mol. The zero-order valence-electron chi connectivity index (χ0n) is 9.95. The number of amides is 1. The van der Waals surface area contributed by atoms with Gasteiger partial charge in [0.2, 0.25) is 5.91 Å². The van der Waals surface area contributed by atoms with Gasteiger partial charge in [0.05, 0.1) is 12.6 Å². The van der Waals surface area contributed by atoms with Gasteiger partial charge in [-0.2, -0.15) is 0 Å². The average molecular weight is 214 g/mol. The molecular weight excluding hydrogens is 192 g/mol. The van der Waals surface area contributed by atoms with Crippen molar-refractivity contribution in [1.82, 2.24) is 10.2 Å². The molecule has 4 heteroatoms.